The molecule has 0 saturated carbocycles. The van der Waals surface area contributed by atoms with Crippen LogP contribution in [0, 0.1) is 0 Å². The van der Waals surface area contributed by atoms with E-state index in [1.807, 2.05) is 18.2 Å². The fraction of sp³-hybridized carbons (Fsp3) is 0.263. The second-order valence-electron chi connectivity index (χ2n) is 6.47. The van der Waals surface area contributed by atoms with Gasteiger partial charge in [0.25, 0.3) is 5.56 Å². The molecule has 0 aliphatic carbocycles. The SMILES string of the molecule is CC(C)Sc1nc2ccccc2c(=O)n1CCc1ccc(S(N)(=O)=O)cc1. The normalized spacial score (nSPS) is 12.0. The maximum absolute atomic E-state index is 13.0. The van der Waals surface area contributed by atoms with Gasteiger partial charge in [-0.3, -0.25) is 9.36 Å². The summed E-state index contributed by atoms with van der Waals surface area (Å²) in [5, 5.41) is 6.70. The molecule has 27 heavy (non-hydrogen) atoms. The fourth-order valence-corrected chi connectivity index (χ4v) is 4.12. The molecule has 1 heterocycles. The van der Waals surface area contributed by atoms with Crippen molar-refractivity contribution in [1.29, 1.82) is 0 Å². The quantitative estimate of drug-likeness (QED) is 0.504. The Morgan fingerprint density at radius 3 is 2.41 bits per heavy atom. The molecule has 6 nitrogen and oxygen atoms in total. The molecule has 0 unspecified atom stereocenters. The molecule has 3 rings (SSSR count). The number of para-hydroxylation sites is 1. The van der Waals surface area contributed by atoms with Crippen LogP contribution in [-0.2, 0) is 23.0 Å². The summed E-state index contributed by atoms with van der Waals surface area (Å²) in [6.07, 6.45) is 0.580. The third kappa shape index (κ3) is 4.58. The molecule has 0 amide bonds. The van der Waals surface area contributed by atoms with Gasteiger partial charge in [-0.05, 0) is 36.2 Å². The van der Waals surface area contributed by atoms with Crippen molar-refractivity contribution in [2.24, 2.45) is 5.14 Å². The van der Waals surface area contributed by atoms with Gasteiger partial charge in [-0.15, -0.1) is 0 Å². The van der Waals surface area contributed by atoms with Crippen molar-refractivity contribution in [3.8, 4) is 0 Å². The maximum atomic E-state index is 13.0. The number of benzene rings is 2. The van der Waals surface area contributed by atoms with Crippen LogP contribution in [0.1, 0.15) is 19.4 Å². The van der Waals surface area contributed by atoms with Crippen molar-refractivity contribution in [1.82, 2.24) is 9.55 Å². The van der Waals surface area contributed by atoms with Crippen LogP contribution in [0.15, 0.2) is 63.4 Å². The van der Waals surface area contributed by atoms with Crippen molar-refractivity contribution in [2.45, 2.75) is 42.1 Å². The molecule has 0 fully saturated rings. The lowest BCUT2D eigenvalue weighted by molar-refractivity contribution is 0.593. The first kappa shape index (κ1) is 19.6. The molecule has 0 aliphatic heterocycles. The molecule has 0 aliphatic rings. The zero-order chi connectivity index (χ0) is 19.6. The first-order valence-corrected chi connectivity index (χ1v) is 11.0. The summed E-state index contributed by atoms with van der Waals surface area (Å²) in [5.74, 6) is 0. The van der Waals surface area contributed by atoms with Gasteiger partial charge in [-0.1, -0.05) is 49.9 Å². The Morgan fingerprint density at radius 2 is 1.78 bits per heavy atom. The predicted octanol–water partition coefficient (Wildman–Crippen LogP) is 2.79. The maximum Gasteiger partial charge on any atom is 0.262 e. The molecular weight excluding hydrogens is 382 g/mol. The van der Waals surface area contributed by atoms with E-state index >= 15 is 0 Å². The van der Waals surface area contributed by atoms with E-state index in [0.29, 0.717) is 34.3 Å². The Balaban J connectivity index is 1.93. The smallest absolute Gasteiger partial charge is 0.262 e. The number of thioether (sulfide) groups is 1. The summed E-state index contributed by atoms with van der Waals surface area (Å²) in [7, 11) is -3.71. The van der Waals surface area contributed by atoms with Crippen molar-refractivity contribution in [2.75, 3.05) is 0 Å². The molecule has 2 aromatic carbocycles. The van der Waals surface area contributed by atoms with Gasteiger partial charge in [0.2, 0.25) is 10.0 Å². The van der Waals surface area contributed by atoms with Crippen molar-refractivity contribution < 1.29 is 8.42 Å². The monoisotopic (exact) mass is 403 g/mol. The van der Waals surface area contributed by atoms with E-state index in [-0.39, 0.29) is 10.5 Å². The third-order valence-electron chi connectivity index (χ3n) is 4.04. The van der Waals surface area contributed by atoms with Gasteiger partial charge in [0.05, 0.1) is 15.8 Å². The molecular formula is C19H21N3O3S2. The Kier molecular flexibility index (Phi) is 5.69. The molecule has 0 spiro atoms. The number of hydrogen-bond donors (Lipinski definition) is 1. The van der Waals surface area contributed by atoms with E-state index in [1.165, 1.54) is 12.1 Å². The van der Waals surface area contributed by atoms with Crippen molar-refractivity contribution in [3.63, 3.8) is 0 Å². The van der Waals surface area contributed by atoms with Crippen molar-refractivity contribution >= 4 is 32.7 Å². The minimum Gasteiger partial charge on any atom is -0.287 e. The molecule has 0 saturated heterocycles. The summed E-state index contributed by atoms with van der Waals surface area (Å²) in [5.41, 5.74) is 1.55. The second-order valence-corrected chi connectivity index (χ2v) is 9.58. The van der Waals surface area contributed by atoms with E-state index in [1.54, 1.807) is 34.5 Å². The van der Waals surface area contributed by atoms with Gasteiger partial charge in [0.15, 0.2) is 5.16 Å². The lowest BCUT2D eigenvalue weighted by Crippen LogP contribution is -2.24. The topological polar surface area (TPSA) is 95.0 Å². The molecule has 0 atom stereocenters. The highest BCUT2D eigenvalue weighted by molar-refractivity contribution is 7.99. The standard InChI is InChI=1S/C19H21N3O3S2/c1-13(2)26-19-21-17-6-4-3-5-16(17)18(23)22(19)12-11-14-7-9-15(10-8-14)27(20,24)25/h3-10,13H,11-12H2,1-2H3,(H2,20,24,25). The second kappa shape index (κ2) is 7.84. The number of nitrogens with two attached hydrogens (primary N) is 1. The number of aryl methyl sites for hydroxylation is 1. The fourth-order valence-electron chi connectivity index (χ4n) is 2.73. The average molecular weight is 404 g/mol. The summed E-state index contributed by atoms with van der Waals surface area (Å²) >= 11 is 1.55. The Labute approximate surface area is 162 Å². The number of fused-ring (bicyclic) bond motifs is 1. The zero-order valence-corrected chi connectivity index (χ0v) is 16.8. The summed E-state index contributed by atoms with van der Waals surface area (Å²) in [4.78, 5) is 17.7. The number of nitrogens with zero attached hydrogens (tertiary/aromatic N) is 2. The average Bonchev–Trinajstić information content (AvgIpc) is 2.60. The number of hydrogen-bond acceptors (Lipinski definition) is 5. The molecule has 0 bridgehead atoms. The minimum absolute atomic E-state index is 0.0649. The summed E-state index contributed by atoms with van der Waals surface area (Å²) in [6.45, 7) is 4.57. The van der Waals surface area contributed by atoms with Crippen molar-refractivity contribution in [3.05, 3.63) is 64.4 Å². The van der Waals surface area contributed by atoms with Crippen LogP contribution >= 0.6 is 11.8 Å². The largest absolute Gasteiger partial charge is 0.287 e. The van der Waals surface area contributed by atoms with Crippen LogP contribution in [0.3, 0.4) is 0 Å². The first-order valence-electron chi connectivity index (χ1n) is 8.53. The predicted molar refractivity (Wildman–Crippen MR) is 109 cm³/mol. The highest BCUT2D eigenvalue weighted by Crippen LogP contribution is 2.22. The van der Waals surface area contributed by atoms with Crippen LogP contribution in [-0.4, -0.2) is 23.2 Å². The minimum atomic E-state index is -3.71. The van der Waals surface area contributed by atoms with Gasteiger partial charge in [-0.2, -0.15) is 0 Å². The van der Waals surface area contributed by atoms with E-state index in [0.717, 1.165) is 5.56 Å². The van der Waals surface area contributed by atoms with Gasteiger partial charge < -0.3 is 0 Å². The number of primary sulfonamides is 1. The highest BCUT2D eigenvalue weighted by Gasteiger charge is 2.13. The highest BCUT2D eigenvalue weighted by atomic mass is 32.2. The molecule has 3 aromatic rings. The Morgan fingerprint density at radius 1 is 1.11 bits per heavy atom. The molecule has 2 N–H and O–H groups in total. The molecule has 8 heteroatoms. The van der Waals surface area contributed by atoms with E-state index < -0.39 is 10.0 Å². The number of rotatable bonds is 6. The Bertz CT molecular complexity index is 1120. The van der Waals surface area contributed by atoms with Crippen LogP contribution in [0.2, 0.25) is 0 Å². The van der Waals surface area contributed by atoms with E-state index in [4.69, 9.17) is 5.14 Å². The lowest BCUT2D eigenvalue weighted by Gasteiger charge is -2.14. The van der Waals surface area contributed by atoms with Crippen LogP contribution in [0.4, 0.5) is 0 Å². The summed E-state index contributed by atoms with van der Waals surface area (Å²) in [6, 6.07) is 13.7. The van der Waals surface area contributed by atoms with Crippen LogP contribution in [0.25, 0.3) is 10.9 Å². The molecule has 0 radical (unpaired) electrons. The number of sulfonamides is 1. The lowest BCUT2D eigenvalue weighted by atomic mass is 10.1. The van der Waals surface area contributed by atoms with Crippen LogP contribution < -0.4 is 10.7 Å². The van der Waals surface area contributed by atoms with Crippen LogP contribution in [0.5, 0.6) is 0 Å². The molecule has 142 valence electrons. The van der Waals surface area contributed by atoms with E-state index in [2.05, 4.69) is 18.8 Å². The number of aromatic nitrogens is 2. The first-order chi connectivity index (χ1) is 12.8. The third-order valence-corrected chi connectivity index (χ3v) is 5.97. The van der Waals surface area contributed by atoms with E-state index in [9.17, 15) is 13.2 Å². The summed E-state index contributed by atoms with van der Waals surface area (Å²) < 4.78 is 24.4. The zero-order valence-electron chi connectivity index (χ0n) is 15.1. The Hall–Kier alpha value is -2.16. The van der Waals surface area contributed by atoms with Gasteiger partial charge in [0, 0.05) is 11.8 Å². The molecule has 1 aromatic heterocycles. The van der Waals surface area contributed by atoms with Gasteiger partial charge in [-0.25, -0.2) is 18.5 Å². The van der Waals surface area contributed by atoms with Gasteiger partial charge >= 0.3 is 0 Å². The van der Waals surface area contributed by atoms with Gasteiger partial charge in [0.1, 0.15) is 0 Å².